The molecule has 106 valence electrons. The Morgan fingerprint density at radius 1 is 1.20 bits per heavy atom. The summed E-state index contributed by atoms with van der Waals surface area (Å²) in [7, 11) is 2.15. The van der Waals surface area contributed by atoms with Gasteiger partial charge >= 0.3 is 0 Å². The molecule has 1 fully saturated rings. The van der Waals surface area contributed by atoms with Gasteiger partial charge in [-0.25, -0.2) is 0 Å². The fraction of sp³-hybridized carbons (Fsp3) is 0.412. The van der Waals surface area contributed by atoms with Crippen LogP contribution in [0, 0.1) is 0 Å². The summed E-state index contributed by atoms with van der Waals surface area (Å²) >= 11 is 0. The Hall–Kier alpha value is -1.42. The third-order valence-electron chi connectivity index (χ3n) is 3.86. The Morgan fingerprint density at radius 3 is 2.90 bits per heavy atom. The summed E-state index contributed by atoms with van der Waals surface area (Å²) in [5.74, 6) is 0. The topological polar surface area (TPSA) is 24.5 Å². The highest BCUT2D eigenvalue weighted by Crippen LogP contribution is 2.15. The van der Waals surface area contributed by atoms with Crippen molar-refractivity contribution in [2.24, 2.45) is 0 Å². The van der Waals surface area contributed by atoms with Gasteiger partial charge in [0.25, 0.3) is 0 Å². The number of hydrogen-bond donors (Lipinski definition) is 1. The Kier molecular flexibility index (Phi) is 4.31. The largest absolute Gasteiger partial charge is 0.374 e. The van der Waals surface area contributed by atoms with Crippen LogP contribution < -0.4 is 5.32 Å². The van der Waals surface area contributed by atoms with Gasteiger partial charge < -0.3 is 15.0 Å². The fourth-order valence-corrected chi connectivity index (χ4v) is 2.72. The number of morpholine rings is 1. The Labute approximate surface area is 120 Å². The number of ether oxygens (including phenoxy) is 1. The molecule has 20 heavy (non-hydrogen) atoms. The van der Waals surface area contributed by atoms with E-state index in [0.717, 1.165) is 32.8 Å². The molecule has 0 aliphatic carbocycles. The van der Waals surface area contributed by atoms with E-state index >= 15 is 0 Å². The molecule has 1 unspecified atom stereocenters. The molecule has 0 saturated carbocycles. The maximum Gasteiger partial charge on any atom is 0.0826 e. The van der Waals surface area contributed by atoms with Gasteiger partial charge in [-0.1, -0.05) is 36.4 Å². The summed E-state index contributed by atoms with van der Waals surface area (Å²) in [5.41, 5.74) is 1.33. The zero-order valence-corrected chi connectivity index (χ0v) is 12.0. The SMILES string of the molecule is CN1CCOC(CNCc2ccc3ccccc3c2)C1. The second-order valence-electron chi connectivity index (χ2n) is 5.57. The number of benzene rings is 2. The summed E-state index contributed by atoms with van der Waals surface area (Å²) in [6.45, 7) is 4.72. The minimum atomic E-state index is 0.314. The van der Waals surface area contributed by atoms with Crippen LogP contribution in [0.15, 0.2) is 42.5 Å². The van der Waals surface area contributed by atoms with E-state index in [1.54, 1.807) is 0 Å². The number of fused-ring (bicyclic) bond motifs is 1. The van der Waals surface area contributed by atoms with Crippen LogP contribution in [0.25, 0.3) is 10.8 Å². The maximum absolute atomic E-state index is 5.75. The van der Waals surface area contributed by atoms with Crippen LogP contribution >= 0.6 is 0 Å². The first-order valence-corrected chi connectivity index (χ1v) is 7.30. The third-order valence-corrected chi connectivity index (χ3v) is 3.86. The first-order chi connectivity index (χ1) is 9.81. The van der Waals surface area contributed by atoms with Gasteiger partial charge in [-0.2, -0.15) is 0 Å². The van der Waals surface area contributed by atoms with E-state index in [2.05, 4.69) is 59.7 Å². The third kappa shape index (κ3) is 3.37. The van der Waals surface area contributed by atoms with E-state index in [9.17, 15) is 0 Å². The van der Waals surface area contributed by atoms with Crippen molar-refractivity contribution in [2.45, 2.75) is 12.6 Å². The molecule has 1 aliphatic rings. The van der Waals surface area contributed by atoms with Gasteiger partial charge in [-0.3, -0.25) is 0 Å². The van der Waals surface area contributed by atoms with Crippen molar-refractivity contribution in [3.63, 3.8) is 0 Å². The highest BCUT2D eigenvalue weighted by molar-refractivity contribution is 5.82. The number of nitrogens with one attached hydrogen (secondary N) is 1. The number of rotatable bonds is 4. The molecule has 3 heteroatoms. The van der Waals surface area contributed by atoms with Gasteiger partial charge in [0.15, 0.2) is 0 Å². The van der Waals surface area contributed by atoms with Gasteiger partial charge in [0.2, 0.25) is 0 Å². The van der Waals surface area contributed by atoms with Crippen LogP contribution in [0.5, 0.6) is 0 Å². The lowest BCUT2D eigenvalue weighted by molar-refractivity contribution is -0.0182. The monoisotopic (exact) mass is 270 g/mol. The zero-order valence-electron chi connectivity index (χ0n) is 12.0. The standard InChI is InChI=1S/C17H22N2O/c1-19-8-9-20-17(13-19)12-18-11-14-6-7-15-4-2-3-5-16(15)10-14/h2-7,10,17-18H,8-9,11-13H2,1H3. The highest BCUT2D eigenvalue weighted by Gasteiger charge is 2.16. The van der Waals surface area contributed by atoms with E-state index in [0.29, 0.717) is 6.10 Å². The Morgan fingerprint density at radius 2 is 2.05 bits per heavy atom. The summed E-state index contributed by atoms with van der Waals surface area (Å²) < 4.78 is 5.75. The molecule has 3 nitrogen and oxygen atoms in total. The van der Waals surface area contributed by atoms with Crippen molar-refractivity contribution < 1.29 is 4.74 Å². The van der Waals surface area contributed by atoms with E-state index < -0.39 is 0 Å². The summed E-state index contributed by atoms with van der Waals surface area (Å²) in [6.07, 6.45) is 0.314. The predicted molar refractivity (Wildman–Crippen MR) is 82.9 cm³/mol. The van der Waals surface area contributed by atoms with Gasteiger partial charge in [0, 0.05) is 26.2 Å². The average Bonchev–Trinajstić information content (AvgIpc) is 2.47. The average molecular weight is 270 g/mol. The number of nitrogens with zero attached hydrogens (tertiary/aromatic N) is 1. The van der Waals surface area contributed by atoms with Gasteiger partial charge in [-0.05, 0) is 29.4 Å². The van der Waals surface area contributed by atoms with Crippen molar-refractivity contribution >= 4 is 10.8 Å². The molecule has 1 heterocycles. The van der Waals surface area contributed by atoms with Gasteiger partial charge in [-0.15, -0.1) is 0 Å². The maximum atomic E-state index is 5.75. The molecule has 0 bridgehead atoms. The Balaban J connectivity index is 1.54. The zero-order chi connectivity index (χ0) is 13.8. The molecule has 3 rings (SSSR count). The second kappa shape index (κ2) is 6.35. The minimum Gasteiger partial charge on any atom is -0.374 e. The molecule has 1 saturated heterocycles. The van der Waals surface area contributed by atoms with Gasteiger partial charge in [0.05, 0.1) is 12.7 Å². The Bertz CT molecular complexity index is 570. The normalized spacial score (nSPS) is 20.4. The molecule has 1 atom stereocenters. The van der Waals surface area contributed by atoms with Crippen LogP contribution in [0.3, 0.4) is 0 Å². The minimum absolute atomic E-state index is 0.314. The lowest BCUT2D eigenvalue weighted by Crippen LogP contribution is -2.44. The van der Waals surface area contributed by atoms with E-state index in [4.69, 9.17) is 4.74 Å². The second-order valence-corrected chi connectivity index (χ2v) is 5.57. The van der Waals surface area contributed by atoms with Crippen LogP contribution in [-0.4, -0.2) is 44.3 Å². The molecular formula is C17H22N2O. The van der Waals surface area contributed by atoms with E-state index in [1.807, 2.05) is 0 Å². The lowest BCUT2D eigenvalue weighted by atomic mass is 10.1. The molecule has 0 radical (unpaired) electrons. The molecule has 2 aromatic rings. The molecule has 0 aromatic heterocycles. The molecule has 0 amide bonds. The van der Waals surface area contributed by atoms with Crippen molar-refractivity contribution in [2.75, 3.05) is 33.3 Å². The van der Waals surface area contributed by atoms with Crippen LogP contribution in [0.4, 0.5) is 0 Å². The summed E-state index contributed by atoms with van der Waals surface area (Å²) in [6, 6.07) is 15.1. The first kappa shape index (κ1) is 13.6. The number of hydrogen-bond acceptors (Lipinski definition) is 3. The van der Waals surface area contributed by atoms with E-state index in [1.165, 1.54) is 16.3 Å². The van der Waals surface area contributed by atoms with E-state index in [-0.39, 0.29) is 0 Å². The quantitative estimate of drug-likeness (QED) is 0.922. The molecule has 1 aliphatic heterocycles. The summed E-state index contributed by atoms with van der Waals surface area (Å²) in [4.78, 5) is 2.33. The van der Waals surface area contributed by atoms with Crippen molar-refractivity contribution in [3.8, 4) is 0 Å². The summed E-state index contributed by atoms with van der Waals surface area (Å²) in [5, 5.41) is 6.11. The molecule has 2 aromatic carbocycles. The first-order valence-electron chi connectivity index (χ1n) is 7.30. The van der Waals surface area contributed by atoms with Crippen molar-refractivity contribution in [1.29, 1.82) is 0 Å². The molecule has 1 N–H and O–H groups in total. The highest BCUT2D eigenvalue weighted by atomic mass is 16.5. The fourth-order valence-electron chi connectivity index (χ4n) is 2.72. The van der Waals surface area contributed by atoms with Crippen LogP contribution in [0.2, 0.25) is 0 Å². The van der Waals surface area contributed by atoms with Crippen molar-refractivity contribution in [3.05, 3.63) is 48.0 Å². The van der Waals surface area contributed by atoms with Crippen LogP contribution in [-0.2, 0) is 11.3 Å². The number of likely N-dealkylation sites (N-methyl/N-ethyl adjacent to an activating group) is 1. The predicted octanol–water partition coefficient (Wildman–Crippen LogP) is 2.26. The lowest BCUT2D eigenvalue weighted by Gasteiger charge is -2.30. The van der Waals surface area contributed by atoms with Crippen LogP contribution in [0.1, 0.15) is 5.56 Å². The van der Waals surface area contributed by atoms with Crippen molar-refractivity contribution in [1.82, 2.24) is 10.2 Å². The smallest absolute Gasteiger partial charge is 0.0826 e. The molecule has 0 spiro atoms. The van der Waals surface area contributed by atoms with Gasteiger partial charge in [0.1, 0.15) is 0 Å². The molecular weight excluding hydrogens is 248 g/mol.